The minimum Gasteiger partial charge on any atom is -0.491 e. The van der Waals surface area contributed by atoms with Gasteiger partial charge in [-0.1, -0.05) is 25.1 Å². The number of thiocarbonyl (C=S) groups is 1. The van der Waals surface area contributed by atoms with Crippen molar-refractivity contribution in [3.8, 4) is 5.75 Å². The van der Waals surface area contributed by atoms with Gasteiger partial charge < -0.3 is 15.4 Å². The zero-order valence-corrected chi connectivity index (χ0v) is 19.7. The Balaban J connectivity index is 1.56. The van der Waals surface area contributed by atoms with Crippen molar-refractivity contribution in [2.75, 3.05) is 10.6 Å². The van der Waals surface area contributed by atoms with E-state index in [-0.39, 0.29) is 23.0 Å². The Hall–Kier alpha value is -3.71. The molecule has 0 heterocycles. The Morgan fingerprint density at radius 3 is 2.21 bits per heavy atom. The molecule has 1 atom stereocenters. The zero-order chi connectivity index (χ0) is 23.8. The minimum atomic E-state index is -0.314. The fourth-order valence-electron chi connectivity index (χ4n) is 3.00. The highest BCUT2D eigenvalue weighted by Crippen LogP contribution is 2.21. The van der Waals surface area contributed by atoms with Crippen LogP contribution in [-0.2, 0) is 0 Å². The van der Waals surface area contributed by atoms with Crippen LogP contribution in [0.4, 0.5) is 11.4 Å². The molecule has 0 aliphatic carbocycles. The second-order valence-electron chi connectivity index (χ2n) is 7.62. The quantitative estimate of drug-likeness (QED) is 0.402. The van der Waals surface area contributed by atoms with Crippen molar-refractivity contribution in [3.05, 3.63) is 89.5 Å². The predicted octanol–water partition coefficient (Wildman–Crippen LogP) is 5.55. The summed E-state index contributed by atoms with van der Waals surface area (Å²) in [6, 6.07) is 21.4. The number of benzene rings is 3. The summed E-state index contributed by atoms with van der Waals surface area (Å²) in [4.78, 5) is 24.9. The van der Waals surface area contributed by atoms with E-state index in [0.717, 1.165) is 17.7 Å². The first-order valence-electron chi connectivity index (χ1n) is 10.7. The van der Waals surface area contributed by atoms with Gasteiger partial charge in [-0.3, -0.25) is 14.9 Å². The summed E-state index contributed by atoms with van der Waals surface area (Å²) in [5.41, 5.74) is 3.32. The normalized spacial score (nSPS) is 11.2. The van der Waals surface area contributed by atoms with E-state index in [1.54, 1.807) is 48.5 Å². The van der Waals surface area contributed by atoms with Crippen LogP contribution in [0.15, 0.2) is 72.8 Å². The Kier molecular flexibility index (Phi) is 8.16. The summed E-state index contributed by atoms with van der Waals surface area (Å²) in [6.07, 6.45) is 1.02. The van der Waals surface area contributed by atoms with Crippen molar-refractivity contribution in [2.24, 2.45) is 0 Å². The third-order valence-corrected chi connectivity index (χ3v) is 5.23. The third kappa shape index (κ3) is 6.89. The average molecular weight is 462 g/mol. The number of ether oxygens (including phenoxy) is 1. The van der Waals surface area contributed by atoms with Crippen LogP contribution >= 0.6 is 12.2 Å². The number of hydrogen-bond donors (Lipinski definition) is 3. The Labute approximate surface area is 199 Å². The van der Waals surface area contributed by atoms with Crippen LogP contribution in [0, 0.1) is 6.92 Å². The van der Waals surface area contributed by atoms with Gasteiger partial charge in [0.1, 0.15) is 5.75 Å². The lowest BCUT2D eigenvalue weighted by Gasteiger charge is -2.14. The molecule has 0 saturated heterocycles. The highest BCUT2D eigenvalue weighted by Gasteiger charge is 2.11. The van der Waals surface area contributed by atoms with E-state index in [9.17, 15) is 9.59 Å². The molecule has 0 radical (unpaired) electrons. The van der Waals surface area contributed by atoms with Gasteiger partial charge in [-0.15, -0.1) is 0 Å². The Morgan fingerprint density at radius 1 is 0.909 bits per heavy atom. The van der Waals surface area contributed by atoms with Crippen molar-refractivity contribution in [1.82, 2.24) is 5.32 Å². The van der Waals surface area contributed by atoms with Crippen LogP contribution < -0.4 is 20.7 Å². The maximum absolute atomic E-state index is 12.5. The molecular weight excluding hydrogens is 434 g/mol. The van der Waals surface area contributed by atoms with Gasteiger partial charge in [-0.25, -0.2) is 0 Å². The van der Waals surface area contributed by atoms with Crippen LogP contribution in [0.25, 0.3) is 0 Å². The van der Waals surface area contributed by atoms with Crippen LogP contribution in [0.2, 0.25) is 0 Å². The average Bonchev–Trinajstić information content (AvgIpc) is 2.81. The molecule has 33 heavy (non-hydrogen) atoms. The summed E-state index contributed by atoms with van der Waals surface area (Å²) in [6.45, 7) is 5.93. The molecule has 7 heteroatoms. The molecule has 170 valence electrons. The van der Waals surface area contributed by atoms with Crippen molar-refractivity contribution in [2.45, 2.75) is 33.3 Å². The molecule has 0 bridgehead atoms. The van der Waals surface area contributed by atoms with E-state index >= 15 is 0 Å². The number of amides is 2. The van der Waals surface area contributed by atoms with E-state index < -0.39 is 0 Å². The third-order valence-electron chi connectivity index (χ3n) is 5.02. The summed E-state index contributed by atoms with van der Waals surface area (Å²) >= 11 is 5.28. The first-order chi connectivity index (χ1) is 15.9. The molecule has 3 aromatic rings. The summed E-state index contributed by atoms with van der Waals surface area (Å²) in [7, 11) is 0. The van der Waals surface area contributed by atoms with E-state index in [0.29, 0.717) is 22.5 Å². The highest BCUT2D eigenvalue weighted by atomic mass is 32.1. The van der Waals surface area contributed by atoms with Gasteiger partial charge in [0.25, 0.3) is 11.8 Å². The van der Waals surface area contributed by atoms with Gasteiger partial charge in [-0.05, 0) is 92.6 Å². The van der Waals surface area contributed by atoms with Gasteiger partial charge in [0, 0.05) is 22.5 Å². The fourth-order valence-corrected chi connectivity index (χ4v) is 3.21. The van der Waals surface area contributed by atoms with E-state index in [2.05, 4.69) is 22.9 Å². The number of nitrogens with one attached hydrogen (secondary N) is 3. The molecular formula is C26H27N3O3S. The largest absolute Gasteiger partial charge is 0.491 e. The van der Waals surface area contributed by atoms with Gasteiger partial charge in [0.05, 0.1) is 6.10 Å². The fraction of sp³-hybridized carbons (Fsp3) is 0.192. The maximum atomic E-state index is 12.5. The molecule has 0 spiro atoms. The molecule has 0 aliphatic heterocycles. The first kappa shape index (κ1) is 23.9. The second-order valence-corrected chi connectivity index (χ2v) is 8.03. The molecule has 6 nitrogen and oxygen atoms in total. The van der Waals surface area contributed by atoms with Gasteiger partial charge in [-0.2, -0.15) is 0 Å². The van der Waals surface area contributed by atoms with Crippen molar-refractivity contribution >= 4 is 40.5 Å². The summed E-state index contributed by atoms with van der Waals surface area (Å²) in [5.74, 6) is 0.227. The molecule has 0 fully saturated rings. The smallest absolute Gasteiger partial charge is 0.257 e. The number of carbonyl (C=O) groups is 2. The molecule has 0 aliphatic rings. The van der Waals surface area contributed by atoms with Gasteiger partial charge >= 0.3 is 0 Å². The van der Waals surface area contributed by atoms with Crippen LogP contribution in [0.1, 0.15) is 46.5 Å². The summed E-state index contributed by atoms with van der Waals surface area (Å²) < 4.78 is 5.73. The van der Waals surface area contributed by atoms with Gasteiger partial charge in [0.2, 0.25) is 0 Å². The lowest BCUT2D eigenvalue weighted by Crippen LogP contribution is -2.34. The molecule has 3 rings (SSSR count). The zero-order valence-electron chi connectivity index (χ0n) is 18.8. The van der Waals surface area contributed by atoms with Crippen molar-refractivity contribution in [3.63, 3.8) is 0 Å². The Bertz CT molecular complexity index is 1130. The number of anilines is 2. The maximum Gasteiger partial charge on any atom is 0.257 e. The molecule has 3 aromatic carbocycles. The van der Waals surface area contributed by atoms with E-state index in [1.807, 2.05) is 38.1 Å². The molecule has 0 saturated carbocycles. The number of carbonyl (C=O) groups excluding carboxylic acids is 2. The van der Waals surface area contributed by atoms with Crippen LogP contribution in [0.5, 0.6) is 5.75 Å². The standard InChI is InChI=1S/C26H27N3O3S/c1-4-18(3)32-22-13-10-20(11-14-22)25(31)29-26(33)27-21-12-15-23(17(2)16-21)28-24(30)19-8-6-5-7-9-19/h5-16,18H,4H2,1-3H3,(H,28,30)(H2,27,29,31,33)/t18-/m0/s1. The number of hydrogen-bond acceptors (Lipinski definition) is 4. The van der Waals surface area contributed by atoms with Crippen LogP contribution in [-0.4, -0.2) is 23.0 Å². The Morgan fingerprint density at radius 2 is 1.58 bits per heavy atom. The summed E-state index contributed by atoms with van der Waals surface area (Å²) in [5, 5.41) is 8.76. The van der Waals surface area contributed by atoms with E-state index in [1.165, 1.54) is 0 Å². The predicted molar refractivity (Wildman–Crippen MR) is 136 cm³/mol. The topological polar surface area (TPSA) is 79.5 Å². The number of rotatable bonds is 7. The highest BCUT2D eigenvalue weighted by molar-refractivity contribution is 7.80. The van der Waals surface area contributed by atoms with E-state index in [4.69, 9.17) is 17.0 Å². The van der Waals surface area contributed by atoms with Crippen molar-refractivity contribution in [1.29, 1.82) is 0 Å². The SMILES string of the molecule is CC[C@H](C)Oc1ccc(C(=O)NC(=S)Nc2ccc(NC(=O)c3ccccc3)c(C)c2)cc1. The molecule has 0 aromatic heterocycles. The number of aryl methyl sites for hydroxylation is 1. The monoisotopic (exact) mass is 461 g/mol. The lowest BCUT2D eigenvalue weighted by atomic mass is 10.1. The van der Waals surface area contributed by atoms with Gasteiger partial charge in [0.15, 0.2) is 5.11 Å². The minimum absolute atomic E-state index is 0.114. The second kappa shape index (κ2) is 11.2. The molecule has 3 N–H and O–H groups in total. The molecule has 2 amide bonds. The lowest BCUT2D eigenvalue weighted by molar-refractivity contribution is 0.0976. The van der Waals surface area contributed by atoms with Crippen LogP contribution in [0.3, 0.4) is 0 Å². The molecule has 0 unspecified atom stereocenters. The first-order valence-corrected chi connectivity index (χ1v) is 11.1. The van der Waals surface area contributed by atoms with Crippen molar-refractivity contribution < 1.29 is 14.3 Å².